The van der Waals surface area contributed by atoms with E-state index in [1.165, 1.54) is 5.70 Å². The lowest BCUT2D eigenvalue weighted by Crippen LogP contribution is -2.53. The van der Waals surface area contributed by atoms with Crippen molar-refractivity contribution in [1.29, 1.82) is 0 Å². The van der Waals surface area contributed by atoms with E-state index in [4.69, 9.17) is 5.10 Å². The maximum atomic E-state index is 4.82. The van der Waals surface area contributed by atoms with Crippen LogP contribution in [0.3, 0.4) is 0 Å². The standard InChI is InChI=1S/C18H19N5S/c1-14-13-24-18(21(14)2)23-20-17(15-9-5-3-6-10-15)19-22(23)16-11-7-4-8-12-16/h3-13,18H,1-2H3,(H,19,20). The molecule has 2 aromatic rings. The van der Waals surface area contributed by atoms with Crippen LogP contribution in [0.4, 0.5) is 5.69 Å². The van der Waals surface area contributed by atoms with E-state index in [1.54, 1.807) is 11.8 Å². The molecule has 2 aromatic carbocycles. The summed E-state index contributed by atoms with van der Waals surface area (Å²) in [6, 6.07) is 20.4. The van der Waals surface area contributed by atoms with Gasteiger partial charge in [-0.2, -0.15) is 5.12 Å². The molecule has 0 aromatic heterocycles. The Morgan fingerprint density at radius 2 is 1.67 bits per heavy atom. The predicted octanol–water partition coefficient (Wildman–Crippen LogP) is 3.41. The minimum Gasteiger partial charge on any atom is -0.350 e. The smallest absolute Gasteiger partial charge is 0.173 e. The van der Waals surface area contributed by atoms with E-state index in [0.717, 1.165) is 17.1 Å². The maximum Gasteiger partial charge on any atom is 0.173 e. The van der Waals surface area contributed by atoms with Crippen LogP contribution in [0.1, 0.15) is 12.5 Å². The third-order valence-corrected chi connectivity index (χ3v) is 5.35. The molecule has 0 radical (unpaired) electrons. The van der Waals surface area contributed by atoms with Crippen molar-refractivity contribution in [3.63, 3.8) is 0 Å². The van der Waals surface area contributed by atoms with Crippen LogP contribution in [0.2, 0.25) is 0 Å². The van der Waals surface area contributed by atoms with Gasteiger partial charge < -0.3 is 4.90 Å². The van der Waals surface area contributed by atoms with Crippen molar-refractivity contribution in [2.24, 2.45) is 5.10 Å². The third kappa shape index (κ3) is 2.64. The van der Waals surface area contributed by atoms with Gasteiger partial charge in [-0.3, -0.25) is 5.43 Å². The average molecular weight is 337 g/mol. The van der Waals surface area contributed by atoms with Crippen LogP contribution in [-0.4, -0.2) is 28.4 Å². The fraction of sp³-hybridized carbons (Fsp3) is 0.167. The molecule has 1 atom stereocenters. The number of anilines is 1. The van der Waals surface area contributed by atoms with Gasteiger partial charge in [0.2, 0.25) is 0 Å². The second-order valence-electron chi connectivity index (χ2n) is 5.73. The number of nitrogens with one attached hydrogen (secondary N) is 1. The highest BCUT2D eigenvalue weighted by Gasteiger charge is 2.36. The Labute approximate surface area is 146 Å². The summed E-state index contributed by atoms with van der Waals surface area (Å²) >= 11 is 1.76. The second kappa shape index (κ2) is 6.22. The van der Waals surface area contributed by atoms with Gasteiger partial charge in [0, 0.05) is 18.3 Å². The lowest BCUT2D eigenvalue weighted by molar-refractivity contribution is 0.129. The number of nitrogens with zero attached hydrogens (tertiary/aromatic N) is 4. The first kappa shape index (κ1) is 15.1. The topological polar surface area (TPSA) is 34.1 Å². The number of amidine groups is 1. The highest BCUT2D eigenvalue weighted by Crippen LogP contribution is 2.34. The van der Waals surface area contributed by atoms with Gasteiger partial charge in [0.1, 0.15) is 0 Å². The number of hydrogen-bond donors (Lipinski definition) is 1. The summed E-state index contributed by atoms with van der Waals surface area (Å²) in [7, 11) is 2.10. The summed E-state index contributed by atoms with van der Waals surface area (Å²) in [6.07, 6.45) is 0. The number of hydrogen-bond acceptors (Lipinski definition) is 6. The highest BCUT2D eigenvalue weighted by atomic mass is 32.2. The third-order valence-electron chi connectivity index (χ3n) is 4.11. The molecule has 24 heavy (non-hydrogen) atoms. The Morgan fingerprint density at radius 3 is 2.29 bits per heavy atom. The summed E-state index contributed by atoms with van der Waals surface area (Å²) in [4.78, 5) is 2.23. The fourth-order valence-corrected chi connectivity index (χ4v) is 3.75. The molecule has 2 heterocycles. The van der Waals surface area contributed by atoms with E-state index >= 15 is 0 Å². The first-order valence-corrected chi connectivity index (χ1v) is 8.78. The largest absolute Gasteiger partial charge is 0.350 e. The zero-order chi connectivity index (χ0) is 16.5. The molecule has 0 amide bonds. The van der Waals surface area contributed by atoms with Crippen LogP contribution in [-0.2, 0) is 0 Å². The van der Waals surface area contributed by atoms with Crippen LogP contribution >= 0.6 is 11.8 Å². The Kier molecular flexibility index (Phi) is 3.92. The van der Waals surface area contributed by atoms with Crippen LogP contribution in [0.25, 0.3) is 0 Å². The van der Waals surface area contributed by atoms with E-state index in [0.29, 0.717) is 0 Å². The molecule has 1 unspecified atom stereocenters. The minimum absolute atomic E-state index is 0.107. The van der Waals surface area contributed by atoms with Crippen LogP contribution < -0.4 is 10.5 Å². The Morgan fingerprint density at radius 1 is 1.00 bits per heavy atom. The maximum absolute atomic E-state index is 4.82. The van der Waals surface area contributed by atoms with Gasteiger partial charge in [-0.15, -0.1) is 5.10 Å². The van der Waals surface area contributed by atoms with E-state index in [1.807, 2.05) is 41.5 Å². The summed E-state index contributed by atoms with van der Waals surface area (Å²) in [5.41, 5.74) is 6.90. The molecule has 4 rings (SSSR count). The zero-order valence-corrected chi connectivity index (χ0v) is 14.4. The van der Waals surface area contributed by atoms with Crippen molar-refractivity contribution in [2.45, 2.75) is 12.4 Å². The Balaban J connectivity index is 1.69. The van der Waals surface area contributed by atoms with Crippen molar-refractivity contribution in [2.75, 3.05) is 12.2 Å². The normalized spacial score (nSPS) is 20.8. The molecular weight excluding hydrogens is 318 g/mol. The molecule has 5 nitrogen and oxygen atoms in total. The number of hydrazine groups is 2. The van der Waals surface area contributed by atoms with Gasteiger partial charge in [-0.1, -0.05) is 65.4 Å². The lowest BCUT2D eigenvalue weighted by Gasteiger charge is -2.35. The lowest BCUT2D eigenvalue weighted by atomic mass is 10.2. The van der Waals surface area contributed by atoms with Gasteiger partial charge in [0.25, 0.3) is 0 Å². The highest BCUT2D eigenvalue weighted by molar-refractivity contribution is 8.02. The SMILES string of the molecule is CC1=CSC(N2NC(c3ccccc3)=NN2c2ccccc2)N1C. The average Bonchev–Trinajstić information content (AvgIpc) is 3.21. The summed E-state index contributed by atoms with van der Waals surface area (Å²) in [6.45, 7) is 2.12. The van der Waals surface area contributed by atoms with E-state index in [9.17, 15) is 0 Å². The number of rotatable bonds is 3. The van der Waals surface area contributed by atoms with Gasteiger partial charge in [-0.25, -0.2) is 0 Å². The van der Waals surface area contributed by atoms with Crippen molar-refractivity contribution >= 4 is 23.3 Å². The molecular formula is C18H19N5S. The van der Waals surface area contributed by atoms with E-state index in [2.05, 4.69) is 59.1 Å². The number of hydrazone groups is 1. The quantitative estimate of drug-likeness (QED) is 0.928. The second-order valence-corrected chi connectivity index (χ2v) is 6.66. The van der Waals surface area contributed by atoms with Gasteiger partial charge >= 0.3 is 0 Å². The fourth-order valence-electron chi connectivity index (χ4n) is 2.66. The molecule has 0 saturated carbocycles. The van der Waals surface area contributed by atoms with Crippen molar-refractivity contribution < 1.29 is 0 Å². The molecule has 0 fully saturated rings. The molecule has 2 aliphatic rings. The number of allylic oxidation sites excluding steroid dienone is 1. The zero-order valence-electron chi connectivity index (χ0n) is 13.6. The molecule has 0 saturated heterocycles. The first-order chi connectivity index (χ1) is 11.7. The summed E-state index contributed by atoms with van der Waals surface area (Å²) < 4.78 is 0. The van der Waals surface area contributed by atoms with Crippen LogP contribution in [0.15, 0.2) is 76.9 Å². The van der Waals surface area contributed by atoms with E-state index < -0.39 is 0 Å². The van der Waals surface area contributed by atoms with Crippen LogP contribution in [0, 0.1) is 0 Å². The van der Waals surface area contributed by atoms with E-state index in [-0.39, 0.29) is 5.50 Å². The predicted molar refractivity (Wildman–Crippen MR) is 99.8 cm³/mol. The van der Waals surface area contributed by atoms with Gasteiger partial charge in [0.15, 0.2) is 11.3 Å². The Hall–Kier alpha value is -2.44. The Bertz CT molecular complexity index is 775. The molecule has 6 heteroatoms. The van der Waals surface area contributed by atoms with Gasteiger partial charge in [-0.05, 0) is 24.5 Å². The molecule has 0 aliphatic carbocycles. The van der Waals surface area contributed by atoms with Crippen molar-refractivity contribution in [3.05, 3.63) is 77.3 Å². The number of benzene rings is 2. The van der Waals surface area contributed by atoms with Gasteiger partial charge in [0.05, 0.1) is 5.69 Å². The van der Waals surface area contributed by atoms with Crippen molar-refractivity contribution in [1.82, 2.24) is 15.4 Å². The molecule has 2 aliphatic heterocycles. The summed E-state index contributed by atoms with van der Waals surface area (Å²) in [5.74, 6) is 0.845. The molecule has 0 bridgehead atoms. The molecule has 0 spiro atoms. The molecule has 122 valence electrons. The monoisotopic (exact) mass is 337 g/mol. The molecule has 1 N–H and O–H groups in total. The van der Waals surface area contributed by atoms with Crippen LogP contribution in [0.5, 0.6) is 0 Å². The minimum atomic E-state index is 0.107. The number of thioether (sulfide) groups is 1. The summed E-state index contributed by atoms with van der Waals surface area (Å²) in [5, 5.41) is 11.0. The van der Waals surface area contributed by atoms with Crippen molar-refractivity contribution in [3.8, 4) is 0 Å². The number of para-hydroxylation sites is 1. The first-order valence-electron chi connectivity index (χ1n) is 7.84.